The first kappa shape index (κ1) is 10.8. The summed E-state index contributed by atoms with van der Waals surface area (Å²) in [6, 6.07) is 3.69. The highest BCUT2D eigenvalue weighted by atomic mass is 127. The van der Waals surface area contributed by atoms with Crippen LogP contribution in [-0.2, 0) is 11.2 Å². The van der Waals surface area contributed by atoms with Crippen molar-refractivity contribution >= 4 is 46.0 Å². The third-order valence-electron chi connectivity index (χ3n) is 1.62. The number of halogens is 1. The summed E-state index contributed by atoms with van der Waals surface area (Å²) >= 11 is 3.58. The molecule has 1 rings (SSSR count). The lowest BCUT2D eigenvalue weighted by Gasteiger charge is -2.01. The van der Waals surface area contributed by atoms with Crippen LogP contribution in [0.3, 0.4) is 0 Å². The van der Waals surface area contributed by atoms with E-state index in [1.165, 1.54) is 11.3 Å². The molecule has 1 heterocycles. The van der Waals surface area contributed by atoms with Crippen molar-refractivity contribution in [3.8, 4) is 0 Å². The van der Waals surface area contributed by atoms with Crippen LogP contribution in [0.4, 0.5) is 0 Å². The van der Waals surface area contributed by atoms with Gasteiger partial charge in [0.15, 0.2) is 6.29 Å². The van der Waals surface area contributed by atoms with E-state index >= 15 is 0 Å². The van der Waals surface area contributed by atoms with Crippen LogP contribution in [0.15, 0.2) is 12.1 Å². The molecule has 2 nitrogen and oxygen atoms in total. The van der Waals surface area contributed by atoms with E-state index in [4.69, 9.17) is 0 Å². The van der Waals surface area contributed by atoms with Crippen molar-refractivity contribution in [3.63, 3.8) is 0 Å². The zero-order chi connectivity index (χ0) is 9.84. The van der Waals surface area contributed by atoms with Crippen LogP contribution in [0.2, 0.25) is 0 Å². The monoisotopic (exact) mass is 308 g/mol. The Kier molecular flexibility index (Phi) is 4.05. The third-order valence-corrected chi connectivity index (χ3v) is 3.97. The van der Waals surface area contributed by atoms with Gasteiger partial charge in [-0.3, -0.25) is 9.59 Å². The highest BCUT2D eigenvalue weighted by Gasteiger charge is 2.11. The molecule has 0 fully saturated rings. The molecule has 1 unspecified atom stereocenters. The smallest absolute Gasteiger partial charge is 0.160 e. The minimum Gasteiger partial charge on any atom is -0.299 e. The van der Waals surface area contributed by atoms with Gasteiger partial charge in [0.2, 0.25) is 0 Å². The molecule has 0 radical (unpaired) electrons. The molecule has 4 heteroatoms. The molecule has 0 amide bonds. The average Bonchev–Trinajstić information content (AvgIpc) is 2.52. The Bertz CT molecular complexity index is 319. The number of hydrogen-bond donors (Lipinski definition) is 0. The van der Waals surface area contributed by atoms with Crippen molar-refractivity contribution in [3.05, 3.63) is 21.9 Å². The van der Waals surface area contributed by atoms with Gasteiger partial charge in [-0.1, -0.05) is 22.6 Å². The number of hydrogen-bond acceptors (Lipinski definition) is 3. The summed E-state index contributed by atoms with van der Waals surface area (Å²) in [6.45, 7) is 1.59. The van der Waals surface area contributed by atoms with Gasteiger partial charge in [0.05, 0.1) is 8.80 Å². The first-order valence-corrected chi connectivity index (χ1v) is 5.88. The summed E-state index contributed by atoms with van der Waals surface area (Å²) in [5, 5.41) is 0. The van der Waals surface area contributed by atoms with Crippen LogP contribution >= 0.6 is 33.9 Å². The standard InChI is InChI=1S/C9H9IO2S/c1-6(12)9(10)4-7-2-3-8(5-11)13-7/h2-3,5,9H,4H2,1H3. The molecular formula is C9H9IO2S. The highest BCUT2D eigenvalue weighted by molar-refractivity contribution is 14.1. The fourth-order valence-corrected chi connectivity index (χ4v) is 2.53. The maximum atomic E-state index is 11.0. The Balaban J connectivity index is 2.63. The van der Waals surface area contributed by atoms with Gasteiger partial charge >= 0.3 is 0 Å². The molecule has 13 heavy (non-hydrogen) atoms. The molecule has 70 valence electrons. The Morgan fingerprint density at radius 1 is 1.69 bits per heavy atom. The fourth-order valence-electron chi connectivity index (χ4n) is 0.888. The van der Waals surface area contributed by atoms with Crippen LogP contribution in [0.5, 0.6) is 0 Å². The summed E-state index contributed by atoms with van der Waals surface area (Å²) in [4.78, 5) is 23.2. The Labute approximate surface area is 94.5 Å². The predicted molar refractivity (Wildman–Crippen MR) is 61.9 cm³/mol. The van der Waals surface area contributed by atoms with Gasteiger partial charge < -0.3 is 0 Å². The summed E-state index contributed by atoms with van der Waals surface area (Å²) in [7, 11) is 0. The number of Topliss-reactive ketones (excluding diaryl/α,β-unsaturated/α-hetero) is 1. The first-order chi connectivity index (χ1) is 6.13. The van der Waals surface area contributed by atoms with Gasteiger partial charge in [0.1, 0.15) is 5.78 Å². The quantitative estimate of drug-likeness (QED) is 0.486. The molecule has 0 bridgehead atoms. The number of carbonyl (C=O) groups is 2. The average molecular weight is 308 g/mol. The van der Waals surface area contributed by atoms with Crippen molar-refractivity contribution in [2.24, 2.45) is 0 Å². The number of alkyl halides is 1. The first-order valence-electron chi connectivity index (χ1n) is 3.82. The van der Waals surface area contributed by atoms with Crippen LogP contribution in [0.1, 0.15) is 21.5 Å². The second-order valence-corrected chi connectivity index (χ2v) is 5.41. The maximum absolute atomic E-state index is 11.0. The van der Waals surface area contributed by atoms with Gasteiger partial charge in [-0.25, -0.2) is 0 Å². The second-order valence-electron chi connectivity index (χ2n) is 2.70. The number of aldehydes is 1. The van der Waals surface area contributed by atoms with Crippen LogP contribution in [0, 0.1) is 0 Å². The normalized spacial score (nSPS) is 12.5. The SMILES string of the molecule is CC(=O)C(I)Cc1ccc(C=O)s1. The van der Waals surface area contributed by atoms with Crippen molar-refractivity contribution < 1.29 is 9.59 Å². The van der Waals surface area contributed by atoms with Gasteiger partial charge in [-0.2, -0.15) is 0 Å². The van der Waals surface area contributed by atoms with E-state index in [2.05, 4.69) is 22.6 Å². The lowest BCUT2D eigenvalue weighted by Crippen LogP contribution is -2.11. The summed E-state index contributed by atoms with van der Waals surface area (Å²) in [5.74, 6) is 0.182. The molecule has 0 aliphatic carbocycles. The topological polar surface area (TPSA) is 34.1 Å². The van der Waals surface area contributed by atoms with E-state index < -0.39 is 0 Å². The third kappa shape index (κ3) is 3.19. The minimum atomic E-state index is 0.0238. The Morgan fingerprint density at radius 2 is 2.38 bits per heavy atom. The number of rotatable bonds is 4. The largest absolute Gasteiger partial charge is 0.299 e. The molecule has 1 atom stereocenters. The summed E-state index contributed by atoms with van der Waals surface area (Å²) in [5.41, 5.74) is 0. The number of thiophene rings is 1. The second kappa shape index (κ2) is 4.85. The van der Waals surface area contributed by atoms with E-state index in [0.29, 0.717) is 0 Å². The van der Waals surface area contributed by atoms with Crippen molar-refractivity contribution in [1.29, 1.82) is 0 Å². The van der Waals surface area contributed by atoms with E-state index in [1.807, 2.05) is 6.07 Å². The van der Waals surface area contributed by atoms with E-state index in [0.717, 1.165) is 22.5 Å². The van der Waals surface area contributed by atoms with E-state index in [-0.39, 0.29) is 9.71 Å². The maximum Gasteiger partial charge on any atom is 0.160 e. The van der Waals surface area contributed by atoms with Gasteiger partial charge in [-0.05, 0) is 19.1 Å². The number of carbonyl (C=O) groups excluding carboxylic acids is 2. The molecule has 0 saturated carbocycles. The molecule has 0 aliphatic heterocycles. The zero-order valence-electron chi connectivity index (χ0n) is 7.12. The van der Waals surface area contributed by atoms with Crippen molar-refractivity contribution in [1.82, 2.24) is 0 Å². The molecule has 0 saturated heterocycles. The van der Waals surface area contributed by atoms with Gasteiger partial charge in [-0.15, -0.1) is 11.3 Å². The summed E-state index contributed by atoms with van der Waals surface area (Å²) < 4.78 is 0.0238. The molecule has 0 aromatic carbocycles. The molecule has 0 spiro atoms. The van der Waals surface area contributed by atoms with Crippen molar-refractivity contribution in [2.75, 3.05) is 0 Å². The van der Waals surface area contributed by atoms with Crippen molar-refractivity contribution in [2.45, 2.75) is 17.3 Å². The van der Waals surface area contributed by atoms with Gasteiger partial charge in [0, 0.05) is 11.3 Å². The fraction of sp³-hybridized carbons (Fsp3) is 0.333. The Morgan fingerprint density at radius 3 is 2.85 bits per heavy atom. The Hall–Kier alpha value is -0.230. The van der Waals surface area contributed by atoms with Crippen LogP contribution in [0.25, 0.3) is 0 Å². The van der Waals surface area contributed by atoms with E-state index in [9.17, 15) is 9.59 Å². The lowest BCUT2D eigenvalue weighted by molar-refractivity contribution is -0.116. The van der Waals surface area contributed by atoms with Crippen LogP contribution < -0.4 is 0 Å². The van der Waals surface area contributed by atoms with Crippen LogP contribution in [-0.4, -0.2) is 16.0 Å². The molecule has 0 aliphatic rings. The molecule has 0 N–H and O–H groups in total. The molecular weight excluding hydrogens is 299 g/mol. The molecule has 1 aromatic heterocycles. The molecule has 1 aromatic rings. The van der Waals surface area contributed by atoms with E-state index in [1.54, 1.807) is 13.0 Å². The predicted octanol–water partition coefficient (Wildman–Crippen LogP) is 2.50. The zero-order valence-corrected chi connectivity index (χ0v) is 10.1. The minimum absolute atomic E-state index is 0.0238. The van der Waals surface area contributed by atoms with Gasteiger partial charge in [0.25, 0.3) is 0 Å². The lowest BCUT2D eigenvalue weighted by atomic mass is 10.2. The number of ketones is 1. The summed E-state index contributed by atoms with van der Waals surface area (Å²) in [6.07, 6.45) is 1.57. The highest BCUT2D eigenvalue weighted by Crippen LogP contribution is 2.19.